The Bertz CT molecular complexity index is 943. The maximum atomic E-state index is 12.1. The number of carbonyl (C=O) groups excluding carboxylic acids is 2. The summed E-state index contributed by atoms with van der Waals surface area (Å²) in [4.78, 5) is 26.4. The van der Waals surface area contributed by atoms with Crippen LogP contribution < -0.4 is 9.64 Å². The van der Waals surface area contributed by atoms with Crippen molar-refractivity contribution in [1.29, 1.82) is 0 Å². The minimum absolute atomic E-state index is 0.191. The molecule has 2 aromatic rings. The summed E-state index contributed by atoms with van der Waals surface area (Å²) in [5, 5.41) is 0. The SMILES string of the molecule is CCCC(=O)OCc1ccc(OC(=O)CCC)c(CCCc2cccc(N(C(C)C)C(C)C)c2)c1. The summed E-state index contributed by atoms with van der Waals surface area (Å²) < 4.78 is 11.0. The highest BCUT2D eigenvalue weighted by Crippen LogP contribution is 2.26. The molecule has 0 bridgehead atoms. The molecule has 0 fully saturated rings. The summed E-state index contributed by atoms with van der Waals surface area (Å²) in [6.45, 7) is 13.0. The standard InChI is InChI=1S/C30H43NO4/c1-7-11-29(32)34-21-25-17-18-28(35-30(33)12-8-2)26(19-25)15-9-13-24-14-10-16-27(20-24)31(22(3)4)23(5)6/h10,14,16-20,22-23H,7-9,11-13,15,21H2,1-6H3. The van der Waals surface area contributed by atoms with Crippen LogP contribution in [0.5, 0.6) is 5.75 Å². The van der Waals surface area contributed by atoms with E-state index in [2.05, 4.69) is 56.9 Å². The third kappa shape index (κ3) is 9.39. The Morgan fingerprint density at radius 1 is 0.829 bits per heavy atom. The Kier molecular flexibility index (Phi) is 11.8. The second kappa shape index (κ2) is 14.6. The van der Waals surface area contributed by atoms with Gasteiger partial charge in [0.15, 0.2) is 0 Å². The number of esters is 2. The zero-order valence-electron chi connectivity index (χ0n) is 22.4. The van der Waals surface area contributed by atoms with E-state index in [0.717, 1.165) is 43.2 Å². The van der Waals surface area contributed by atoms with Gasteiger partial charge in [0.1, 0.15) is 12.4 Å². The largest absolute Gasteiger partial charge is 0.461 e. The molecule has 0 aliphatic rings. The monoisotopic (exact) mass is 481 g/mol. The molecule has 5 nitrogen and oxygen atoms in total. The molecular weight excluding hydrogens is 438 g/mol. The van der Waals surface area contributed by atoms with Crippen LogP contribution in [0, 0.1) is 0 Å². The van der Waals surface area contributed by atoms with Crippen LogP contribution in [0.1, 0.15) is 90.3 Å². The molecule has 0 aromatic heterocycles. The van der Waals surface area contributed by atoms with E-state index in [1.165, 1.54) is 11.3 Å². The number of carbonyl (C=O) groups is 2. The number of rotatable bonds is 14. The van der Waals surface area contributed by atoms with Crippen LogP contribution >= 0.6 is 0 Å². The Labute approximate surface area is 211 Å². The van der Waals surface area contributed by atoms with Crippen molar-refractivity contribution in [3.05, 3.63) is 59.2 Å². The quantitative estimate of drug-likeness (QED) is 0.214. The van der Waals surface area contributed by atoms with Crippen LogP contribution in [0.2, 0.25) is 0 Å². The minimum atomic E-state index is -0.217. The van der Waals surface area contributed by atoms with Crippen molar-refractivity contribution in [2.24, 2.45) is 0 Å². The maximum absolute atomic E-state index is 12.1. The van der Waals surface area contributed by atoms with Gasteiger partial charge in [-0.1, -0.05) is 32.0 Å². The van der Waals surface area contributed by atoms with Crippen LogP contribution in [0.4, 0.5) is 5.69 Å². The first-order valence-corrected chi connectivity index (χ1v) is 13.1. The molecule has 0 aliphatic heterocycles. The zero-order chi connectivity index (χ0) is 25.8. The van der Waals surface area contributed by atoms with E-state index in [1.54, 1.807) is 0 Å². The van der Waals surface area contributed by atoms with E-state index < -0.39 is 0 Å². The third-order valence-electron chi connectivity index (χ3n) is 5.89. The zero-order valence-corrected chi connectivity index (χ0v) is 22.4. The van der Waals surface area contributed by atoms with Crippen molar-refractivity contribution in [3.63, 3.8) is 0 Å². The van der Waals surface area contributed by atoms with Gasteiger partial charge in [-0.05, 0) is 101 Å². The molecule has 2 rings (SSSR count). The Morgan fingerprint density at radius 2 is 1.51 bits per heavy atom. The van der Waals surface area contributed by atoms with Crippen LogP contribution in [-0.4, -0.2) is 24.0 Å². The molecule has 0 spiro atoms. The molecule has 0 saturated heterocycles. The van der Waals surface area contributed by atoms with Crippen molar-refractivity contribution in [3.8, 4) is 5.75 Å². The van der Waals surface area contributed by atoms with E-state index in [1.807, 2.05) is 32.0 Å². The normalized spacial score (nSPS) is 11.1. The molecule has 0 amide bonds. The van der Waals surface area contributed by atoms with Crippen molar-refractivity contribution in [1.82, 2.24) is 0 Å². The molecule has 0 radical (unpaired) electrons. The summed E-state index contributed by atoms with van der Waals surface area (Å²) in [5.74, 6) is 0.196. The molecule has 35 heavy (non-hydrogen) atoms. The molecule has 0 aliphatic carbocycles. The lowest BCUT2D eigenvalue weighted by Crippen LogP contribution is -2.36. The maximum Gasteiger partial charge on any atom is 0.311 e. The van der Waals surface area contributed by atoms with Gasteiger partial charge in [0.05, 0.1) is 0 Å². The van der Waals surface area contributed by atoms with Gasteiger partial charge in [0, 0.05) is 30.6 Å². The predicted octanol–water partition coefficient (Wildman–Crippen LogP) is 7.03. The van der Waals surface area contributed by atoms with Crippen molar-refractivity contribution < 1.29 is 19.1 Å². The minimum Gasteiger partial charge on any atom is -0.461 e. The smallest absolute Gasteiger partial charge is 0.311 e. The summed E-state index contributed by atoms with van der Waals surface area (Å²) in [6.07, 6.45) is 4.95. The van der Waals surface area contributed by atoms with Crippen molar-refractivity contribution in [2.75, 3.05) is 4.90 Å². The molecule has 0 saturated carbocycles. The fraction of sp³-hybridized carbons (Fsp3) is 0.533. The van der Waals surface area contributed by atoms with Crippen LogP contribution in [0.3, 0.4) is 0 Å². The van der Waals surface area contributed by atoms with Gasteiger partial charge in [-0.25, -0.2) is 0 Å². The van der Waals surface area contributed by atoms with Gasteiger partial charge in [0.25, 0.3) is 0 Å². The molecule has 192 valence electrons. The molecule has 5 heteroatoms. The summed E-state index contributed by atoms with van der Waals surface area (Å²) in [5.41, 5.74) is 4.42. The lowest BCUT2D eigenvalue weighted by molar-refractivity contribution is -0.145. The molecule has 0 heterocycles. The highest BCUT2D eigenvalue weighted by Gasteiger charge is 2.15. The Balaban J connectivity index is 2.13. The highest BCUT2D eigenvalue weighted by molar-refractivity contribution is 5.72. The molecule has 0 N–H and O–H groups in total. The first-order chi connectivity index (χ1) is 16.7. The predicted molar refractivity (Wildman–Crippen MR) is 143 cm³/mol. The molecule has 2 aromatic carbocycles. The highest BCUT2D eigenvalue weighted by atomic mass is 16.5. The average Bonchev–Trinajstić information content (AvgIpc) is 2.79. The lowest BCUT2D eigenvalue weighted by atomic mass is 10.0. The number of anilines is 1. The van der Waals surface area contributed by atoms with Gasteiger partial charge < -0.3 is 14.4 Å². The molecule has 0 atom stereocenters. The number of aryl methyl sites for hydroxylation is 2. The summed E-state index contributed by atoms with van der Waals surface area (Å²) >= 11 is 0. The fourth-order valence-electron chi connectivity index (χ4n) is 4.38. The Morgan fingerprint density at radius 3 is 2.17 bits per heavy atom. The van der Waals surface area contributed by atoms with Crippen LogP contribution in [0.15, 0.2) is 42.5 Å². The van der Waals surface area contributed by atoms with Gasteiger partial charge in [-0.15, -0.1) is 0 Å². The molecular formula is C30H43NO4. The van der Waals surface area contributed by atoms with E-state index >= 15 is 0 Å². The van der Waals surface area contributed by atoms with E-state index in [-0.39, 0.29) is 18.5 Å². The first-order valence-electron chi connectivity index (χ1n) is 13.1. The second-order valence-electron chi connectivity index (χ2n) is 9.70. The van der Waals surface area contributed by atoms with Gasteiger partial charge in [-0.3, -0.25) is 9.59 Å². The van der Waals surface area contributed by atoms with E-state index in [4.69, 9.17) is 9.47 Å². The first kappa shape index (κ1) is 28.4. The second-order valence-corrected chi connectivity index (χ2v) is 9.70. The van der Waals surface area contributed by atoms with Gasteiger partial charge in [-0.2, -0.15) is 0 Å². The van der Waals surface area contributed by atoms with Crippen LogP contribution in [0.25, 0.3) is 0 Å². The Hall–Kier alpha value is -2.82. The van der Waals surface area contributed by atoms with Gasteiger partial charge in [0.2, 0.25) is 0 Å². The third-order valence-corrected chi connectivity index (χ3v) is 5.89. The van der Waals surface area contributed by atoms with Crippen LogP contribution in [-0.2, 0) is 33.8 Å². The van der Waals surface area contributed by atoms with Crippen molar-refractivity contribution >= 4 is 17.6 Å². The van der Waals surface area contributed by atoms with Crippen molar-refractivity contribution in [2.45, 2.75) is 105 Å². The number of benzene rings is 2. The average molecular weight is 482 g/mol. The number of hydrogen-bond acceptors (Lipinski definition) is 5. The number of hydrogen-bond donors (Lipinski definition) is 0. The number of nitrogens with zero attached hydrogens (tertiary/aromatic N) is 1. The summed E-state index contributed by atoms with van der Waals surface area (Å²) in [6, 6.07) is 15.3. The topological polar surface area (TPSA) is 55.8 Å². The lowest BCUT2D eigenvalue weighted by Gasteiger charge is -2.33. The summed E-state index contributed by atoms with van der Waals surface area (Å²) in [7, 11) is 0. The van der Waals surface area contributed by atoms with Gasteiger partial charge >= 0.3 is 11.9 Å². The molecule has 0 unspecified atom stereocenters. The van der Waals surface area contributed by atoms with E-state index in [0.29, 0.717) is 30.7 Å². The number of ether oxygens (including phenoxy) is 2. The van der Waals surface area contributed by atoms with E-state index in [9.17, 15) is 9.59 Å². The fourth-order valence-corrected chi connectivity index (χ4v) is 4.38.